The van der Waals surface area contributed by atoms with Gasteiger partial charge < -0.3 is 10.5 Å². The predicted molar refractivity (Wildman–Crippen MR) is 89.3 cm³/mol. The monoisotopic (exact) mass is 341 g/mol. The first-order valence-corrected chi connectivity index (χ1v) is 7.37. The van der Waals surface area contributed by atoms with Gasteiger partial charge in [-0.15, -0.1) is 0 Å². The third-order valence-electron chi connectivity index (χ3n) is 3.63. The first kappa shape index (κ1) is 16.4. The molecule has 2 heterocycles. The van der Waals surface area contributed by atoms with E-state index in [9.17, 15) is 14.4 Å². The third kappa shape index (κ3) is 3.11. The highest BCUT2D eigenvalue weighted by atomic mass is 16.5. The van der Waals surface area contributed by atoms with E-state index in [2.05, 4.69) is 9.97 Å². The number of hydrogen-bond acceptors (Lipinski definition) is 6. The summed E-state index contributed by atoms with van der Waals surface area (Å²) in [6.45, 7) is -0.396. The van der Waals surface area contributed by atoms with Crippen LogP contribution in [0.5, 0.6) is 5.75 Å². The molecule has 2 N–H and O–H groups in total. The first-order valence-electron chi connectivity index (χ1n) is 7.37. The first-order chi connectivity index (χ1) is 12.0. The molecule has 0 fully saturated rings. The van der Waals surface area contributed by atoms with Gasteiger partial charge in [-0.05, 0) is 17.7 Å². The molecule has 2 aromatic heterocycles. The van der Waals surface area contributed by atoms with Gasteiger partial charge >= 0.3 is 5.69 Å². The highest BCUT2D eigenvalue weighted by Gasteiger charge is 2.16. The molecule has 9 nitrogen and oxygen atoms in total. The number of carbonyl (C=O) groups is 1. The molecule has 0 saturated heterocycles. The van der Waals surface area contributed by atoms with Crippen molar-refractivity contribution >= 4 is 17.1 Å². The number of aromatic nitrogens is 4. The highest BCUT2D eigenvalue weighted by Crippen LogP contribution is 2.13. The van der Waals surface area contributed by atoms with Crippen LogP contribution in [0.3, 0.4) is 0 Å². The fraction of sp³-hybridized carbons (Fsp3) is 0.188. The van der Waals surface area contributed by atoms with Crippen LogP contribution in [-0.4, -0.2) is 32.1 Å². The second-order valence-corrected chi connectivity index (χ2v) is 5.31. The van der Waals surface area contributed by atoms with Crippen LogP contribution in [0.25, 0.3) is 11.2 Å². The van der Waals surface area contributed by atoms with Gasteiger partial charge in [-0.2, -0.15) is 0 Å². The molecule has 0 saturated carbocycles. The molecule has 3 aromatic rings. The van der Waals surface area contributed by atoms with Gasteiger partial charge in [0.25, 0.3) is 5.56 Å². The number of rotatable bonds is 5. The van der Waals surface area contributed by atoms with Crippen LogP contribution in [0.1, 0.15) is 5.56 Å². The summed E-state index contributed by atoms with van der Waals surface area (Å²) < 4.78 is 7.19. The molecule has 1 aromatic carbocycles. The summed E-state index contributed by atoms with van der Waals surface area (Å²) in [5.41, 5.74) is 4.65. The highest BCUT2D eigenvalue weighted by molar-refractivity contribution is 5.76. The van der Waals surface area contributed by atoms with Gasteiger partial charge in [0.05, 0.1) is 13.7 Å². The lowest BCUT2D eigenvalue weighted by Gasteiger charge is -2.12. The second kappa shape index (κ2) is 6.56. The Hall–Kier alpha value is -3.49. The number of carbonyl (C=O) groups excluding carboxylic acids is 1. The number of benzene rings is 1. The SMILES string of the molecule is COc1cccc(Cn2c(=O)c3nccnc3n(CC(N)=O)c2=O)c1. The van der Waals surface area contributed by atoms with Gasteiger partial charge in [0.2, 0.25) is 5.91 Å². The molecule has 0 bridgehead atoms. The Balaban J connectivity index is 2.22. The number of ether oxygens (including phenoxy) is 1. The molecule has 0 radical (unpaired) electrons. The summed E-state index contributed by atoms with van der Waals surface area (Å²) in [5.74, 6) is -0.121. The Labute approximate surface area is 141 Å². The molecule has 0 aliphatic rings. The zero-order valence-corrected chi connectivity index (χ0v) is 13.4. The largest absolute Gasteiger partial charge is 0.497 e. The molecule has 25 heavy (non-hydrogen) atoms. The van der Waals surface area contributed by atoms with Crippen LogP contribution in [0, 0.1) is 0 Å². The van der Waals surface area contributed by atoms with Gasteiger partial charge in [0, 0.05) is 12.4 Å². The molecule has 9 heteroatoms. The number of amides is 1. The van der Waals surface area contributed by atoms with Crippen molar-refractivity contribution in [3.63, 3.8) is 0 Å². The van der Waals surface area contributed by atoms with E-state index < -0.39 is 23.7 Å². The molecular formula is C16H15N5O4. The van der Waals surface area contributed by atoms with Gasteiger partial charge in [-0.25, -0.2) is 14.8 Å². The standard InChI is InChI=1S/C16H15N5O4/c1-25-11-4-2-3-10(7-11)8-21-15(23)13-14(19-6-5-18-13)20(16(21)24)9-12(17)22/h2-7H,8-9H2,1H3,(H2,17,22). The summed E-state index contributed by atoms with van der Waals surface area (Å²) in [7, 11) is 1.52. The minimum atomic E-state index is -0.722. The Bertz CT molecular complexity index is 1070. The molecule has 128 valence electrons. The van der Waals surface area contributed by atoms with Crippen molar-refractivity contribution in [1.82, 2.24) is 19.1 Å². The summed E-state index contributed by atoms with van der Waals surface area (Å²) in [6, 6.07) is 6.98. The van der Waals surface area contributed by atoms with Crippen molar-refractivity contribution in [2.24, 2.45) is 5.73 Å². The quantitative estimate of drug-likeness (QED) is 0.667. The maximum Gasteiger partial charge on any atom is 0.333 e. The van der Waals surface area contributed by atoms with Gasteiger partial charge in [0.15, 0.2) is 11.2 Å². The zero-order valence-electron chi connectivity index (χ0n) is 13.4. The molecule has 3 rings (SSSR count). The lowest BCUT2D eigenvalue weighted by molar-refractivity contribution is -0.118. The minimum Gasteiger partial charge on any atom is -0.497 e. The number of primary amides is 1. The normalized spacial score (nSPS) is 10.8. The van der Waals surface area contributed by atoms with Crippen molar-refractivity contribution in [2.45, 2.75) is 13.1 Å². The topological polar surface area (TPSA) is 122 Å². The van der Waals surface area contributed by atoms with Crippen molar-refractivity contribution in [2.75, 3.05) is 7.11 Å². The summed E-state index contributed by atoms with van der Waals surface area (Å²) in [6.07, 6.45) is 2.68. The number of methoxy groups -OCH3 is 1. The maximum absolute atomic E-state index is 12.7. The van der Waals surface area contributed by atoms with Crippen LogP contribution in [0.15, 0.2) is 46.2 Å². The van der Waals surface area contributed by atoms with E-state index in [1.807, 2.05) is 0 Å². The fourth-order valence-corrected chi connectivity index (χ4v) is 2.52. The van der Waals surface area contributed by atoms with Gasteiger partial charge in [-0.1, -0.05) is 12.1 Å². The Morgan fingerprint density at radius 3 is 2.68 bits per heavy atom. The number of fused-ring (bicyclic) bond motifs is 1. The number of nitrogens with zero attached hydrogens (tertiary/aromatic N) is 4. The zero-order chi connectivity index (χ0) is 18.0. The van der Waals surface area contributed by atoms with E-state index >= 15 is 0 Å². The van der Waals surface area contributed by atoms with Crippen LogP contribution >= 0.6 is 0 Å². The second-order valence-electron chi connectivity index (χ2n) is 5.31. The summed E-state index contributed by atoms with van der Waals surface area (Å²) in [4.78, 5) is 44.7. The number of hydrogen-bond donors (Lipinski definition) is 1. The fourth-order valence-electron chi connectivity index (χ4n) is 2.52. The molecule has 1 amide bonds. The Morgan fingerprint density at radius 1 is 1.20 bits per heavy atom. The summed E-state index contributed by atoms with van der Waals surface area (Å²) >= 11 is 0. The van der Waals surface area contributed by atoms with Crippen LogP contribution < -0.4 is 21.7 Å². The molecule has 0 aliphatic carbocycles. The minimum absolute atomic E-state index is 0.000142. The molecular weight excluding hydrogens is 326 g/mol. The van der Waals surface area contributed by atoms with E-state index in [0.29, 0.717) is 11.3 Å². The lowest BCUT2D eigenvalue weighted by atomic mass is 10.2. The Morgan fingerprint density at radius 2 is 1.96 bits per heavy atom. The smallest absolute Gasteiger partial charge is 0.333 e. The van der Waals surface area contributed by atoms with E-state index in [1.54, 1.807) is 24.3 Å². The molecule has 0 unspecified atom stereocenters. The lowest BCUT2D eigenvalue weighted by Crippen LogP contribution is -2.42. The van der Waals surface area contributed by atoms with E-state index in [0.717, 1.165) is 9.13 Å². The van der Waals surface area contributed by atoms with E-state index in [4.69, 9.17) is 10.5 Å². The van der Waals surface area contributed by atoms with Crippen molar-refractivity contribution in [3.8, 4) is 5.75 Å². The van der Waals surface area contributed by atoms with Crippen LogP contribution in [0.4, 0.5) is 0 Å². The summed E-state index contributed by atoms with van der Waals surface area (Å²) in [5, 5.41) is 0. The van der Waals surface area contributed by atoms with E-state index in [1.165, 1.54) is 19.5 Å². The predicted octanol–water partition coefficient (Wildman–Crippen LogP) is -0.505. The average Bonchev–Trinajstić information content (AvgIpc) is 2.62. The van der Waals surface area contributed by atoms with Crippen molar-refractivity contribution in [1.29, 1.82) is 0 Å². The third-order valence-corrected chi connectivity index (χ3v) is 3.63. The number of nitrogens with two attached hydrogens (primary N) is 1. The average molecular weight is 341 g/mol. The maximum atomic E-state index is 12.7. The van der Waals surface area contributed by atoms with Gasteiger partial charge in [0.1, 0.15) is 12.3 Å². The molecule has 0 atom stereocenters. The molecule has 0 spiro atoms. The van der Waals surface area contributed by atoms with Crippen molar-refractivity contribution < 1.29 is 9.53 Å². The van der Waals surface area contributed by atoms with Crippen LogP contribution in [0.2, 0.25) is 0 Å². The Kier molecular flexibility index (Phi) is 4.29. The molecule has 0 aliphatic heterocycles. The van der Waals surface area contributed by atoms with Gasteiger partial charge in [-0.3, -0.25) is 18.7 Å². The van der Waals surface area contributed by atoms with Crippen LogP contribution in [-0.2, 0) is 17.9 Å². The van der Waals surface area contributed by atoms with Crippen molar-refractivity contribution in [3.05, 3.63) is 63.1 Å². The van der Waals surface area contributed by atoms with E-state index in [-0.39, 0.29) is 17.7 Å².